The molecule has 0 aliphatic carbocycles. The molecule has 3 rings (SSSR count). The molecule has 0 saturated carbocycles. The Balaban J connectivity index is 1.82. The summed E-state index contributed by atoms with van der Waals surface area (Å²) in [7, 11) is 1.57. The molecule has 2 aromatic rings. The van der Waals surface area contributed by atoms with Crippen LogP contribution >= 0.6 is 0 Å². The quantitative estimate of drug-likeness (QED) is 0.839. The second kappa shape index (κ2) is 6.60. The summed E-state index contributed by atoms with van der Waals surface area (Å²) in [6.45, 7) is 3.54. The van der Waals surface area contributed by atoms with Gasteiger partial charge in [-0.25, -0.2) is 0 Å². The number of Topliss-reactive ketones (excluding diaryl/α,β-unsaturated/α-hetero) is 1. The van der Waals surface area contributed by atoms with E-state index in [-0.39, 0.29) is 29.2 Å². The molecule has 0 fully saturated rings. The van der Waals surface area contributed by atoms with Gasteiger partial charge in [0.15, 0.2) is 0 Å². The van der Waals surface area contributed by atoms with E-state index in [1.165, 1.54) is 6.07 Å². The number of rotatable bonds is 4. The zero-order chi connectivity index (χ0) is 18.0. The third-order valence-electron chi connectivity index (χ3n) is 3.87. The van der Waals surface area contributed by atoms with Crippen molar-refractivity contribution in [1.82, 2.24) is 5.32 Å². The highest BCUT2D eigenvalue weighted by Crippen LogP contribution is 2.26. The number of hydrogen-bond donors (Lipinski definition) is 2. The summed E-state index contributed by atoms with van der Waals surface area (Å²) in [4.78, 5) is 36.6. The van der Waals surface area contributed by atoms with E-state index in [2.05, 4.69) is 17.2 Å². The monoisotopic (exact) mass is 336 g/mol. The number of fused-ring (bicyclic) bond motifs is 1. The molecule has 2 N–H and O–H groups in total. The Bertz CT molecular complexity index is 885. The first-order chi connectivity index (χ1) is 12.0. The summed E-state index contributed by atoms with van der Waals surface area (Å²) in [5.41, 5.74) is 1.49. The largest absolute Gasteiger partial charge is 0.497 e. The Morgan fingerprint density at radius 1 is 1.16 bits per heavy atom. The third kappa shape index (κ3) is 3.28. The van der Waals surface area contributed by atoms with Crippen molar-refractivity contribution in [1.29, 1.82) is 0 Å². The highest BCUT2D eigenvalue weighted by atomic mass is 16.5. The van der Waals surface area contributed by atoms with Crippen LogP contribution < -0.4 is 15.4 Å². The molecule has 1 aliphatic heterocycles. The summed E-state index contributed by atoms with van der Waals surface area (Å²) >= 11 is 0. The summed E-state index contributed by atoms with van der Waals surface area (Å²) in [5.74, 6) is -0.403. The first kappa shape index (κ1) is 16.4. The van der Waals surface area contributed by atoms with E-state index in [4.69, 9.17) is 4.74 Å². The zero-order valence-electron chi connectivity index (χ0n) is 13.6. The first-order valence-corrected chi connectivity index (χ1v) is 7.60. The predicted molar refractivity (Wildman–Crippen MR) is 92.7 cm³/mol. The van der Waals surface area contributed by atoms with Gasteiger partial charge in [-0.15, -0.1) is 0 Å². The third-order valence-corrected chi connectivity index (χ3v) is 3.87. The molecule has 25 heavy (non-hydrogen) atoms. The Morgan fingerprint density at radius 2 is 1.88 bits per heavy atom. The highest BCUT2D eigenvalue weighted by molar-refractivity contribution is 6.24. The number of carbonyl (C=O) groups is 3. The average molecular weight is 336 g/mol. The van der Waals surface area contributed by atoms with Gasteiger partial charge in [0.25, 0.3) is 5.91 Å². The number of carbonyl (C=O) groups excluding carboxylic acids is 3. The molecular formula is C19H16N2O4. The van der Waals surface area contributed by atoms with Crippen LogP contribution in [0.15, 0.2) is 54.7 Å². The average Bonchev–Trinajstić information content (AvgIpc) is 2.60. The van der Waals surface area contributed by atoms with Crippen LogP contribution in [0.2, 0.25) is 0 Å². The van der Waals surface area contributed by atoms with Crippen LogP contribution in [0.1, 0.15) is 26.3 Å². The summed E-state index contributed by atoms with van der Waals surface area (Å²) in [5, 5.41) is 5.12. The van der Waals surface area contributed by atoms with Crippen molar-refractivity contribution in [3.05, 3.63) is 71.4 Å². The molecule has 1 aliphatic rings. The van der Waals surface area contributed by atoms with Crippen LogP contribution in [0.4, 0.5) is 5.69 Å². The number of allylic oxidation sites excluding steroid dienone is 1. The zero-order valence-corrected chi connectivity index (χ0v) is 13.6. The fraction of sp³-hybridized carbons (Fsp3) is 0.105. The lowest BCUT2D eigenvalue weighted by atomic mass is 9.95. The fourth-order valence-electron chi connectivity index (χ4n) is 2.63. The molecule has 0 spiro atoms. The number of hydrogen-bond acceptors (Lipinski definition) is 4. The molecule has 6 heteroatoms. The minimum atomic E-state index is -0.411. The standard InChI is InChI=1S/C19H16N2O4/c1-11-18(23)17-14(19(24)20-11)4-3-5-15(17)21-16(22)10-12-6-8-13(25-2)9-7-12/h3-9H,1,10H2,2H3,(H,20,24)(H,21,22). The number of amides is 2. The maximum absolute atomic E-state index is 12.3. The van der Waals surface area contributed by atoms with Gasteiger partial charge in [0.05, 0.1) is 36.0 Å². The lowest BCUT2D eigenvalue weighted by molar-refractivity contribution is -0.115. The molecule has 6 nitrogen and oxygen atoms in total. The summed E-state index contributed by atoms with van der Waals surface area (Å²) < 4.78 is 5.08. The molecule has 2 aromatic carbocycles. The van der Waals surface area contributed by atoms with Crippen LogP contribution in [0.5, 0.6) is 5.75 Å². The van der Waals surface area contributed by atoms with E-state index < -0.39 is 11.7 Å². The Hall–Kier alpha value is -3.41. The van der Waals surface area contributed by atoms with E-state index in [1.54, 1.807) is 43.5 Å². The number of anilines is 1. The number of nitrogens with one attached hydrogen (secondary N) is 2. The van der Waals surface area contributed by atoms with Gasteiger partial charge in [0, 0.05) is 0 Å². The summed E-state index contributed by atoms with van der Waals surface area (Å²) in [6, 6.07) is 11.9. The van der Waals surface area contributed by atoms with Crippen molar-refractivity contribution < 1.29 is 19.1 Å². The van der Waals surface area contributed by atoms with Crippen LogP contribution in [0.3, 0.4) is 0 Å². The predicted octanol–water partition coefficient (Wildman–Crippen LogP) is 2.32. The van der Waals surface area contributed by atoms with Crippen LogP contribution in [0, 0.1) is 0 Å². The van der Waals surface area contributed by atoms with Gasteiger partial charge in [0.1, 0.15) is 5.75 Å². The van der Waals surface area contributed by atoms with E-state index >= 15 is 0 Å². The topological polar surface area (TPSA) is 84.5 Å². The molecule has 0 atom stereocenters. The van der Waals surface area contributed by atoms with E-state index in [9.17, 15) is 14.4 Å². The van der Waals surface area contributed by atoms with Gasteiger partial charge in [-0.3, -0.25) is 14.4 Å². The SMILES string of the molecule is C=C1NC(=O)c2cccc(NC(=O)Cc3ccc(OC)cc3)c2C1=O. The fourth-order valence-corrected chi connectivity index (χ4v) is 2.63. The van der Waals surface area contributed by atoms with Gasteiger partial charge in [-0.2, -0.15) is 0 Å². The highest BCUT2D eigenvalue weighted by Gasteiger charge is 2.29. The van der Waals surface area contributed by atoms with Gasteiger partial charge in [0.2, 0.25) is 11.7 Å². The normalized spacial score (nSPS) is 13.1. The lowest BCUT2D eigenvalue weighted by Gasteiger charge is -2.20. The number of benzene rings is 2. The van der Waals surface area contributed by atoms with Crippen molar-refractivity contribution in [3.8, 4) is 5.75 Å². The molecule has 2 amide bonds. The molecule has 0 unspecified atom stereocenters. The number of ether oxygens (including phenoxy) is 1. The minimum absolute atomic E-state index is 0.00523. The minimum Gasteiger partial charge on any atom is -0.497 e. The molecule has 1 heterocycles. The smallest absolute Gasteiger partial charge is 0.256 e. The van der Waals surface area contributed by atoms with E-state index in [0.29, 0.717) is 11.4 Å². The van der Waals surface area contributed by atoms with Gasteiger partial charge < -0.3 is 15.4 Å². The van der Waals surface area contributed by atoms with Gasteiger partial charge in [-0.05, 0) is 29.8 Å². The van der Waals surface area contributed by atoms with E-state index in [0.717, 1.165) is 5.56 Å². The molecule has 0 aromatic heterocycles. The molecule has 0 bridgehead atoms. The van der Waals surface area contributed by atoms with E-state index in [1.807, 2.05) is 0 Å². The van der Waals surface area contributed by atoms with Crippen LogP contribution in [0.25, 0.3) is 0 Å². The van der Waals surface area contributed by atoms with Gasteiger partial charge >= 0.3 is 0 Å². The lowest BCUT2D eigenvalue weighted by Crippen LogP contribution is -2.34. The van der Waals surface area contributed by atoms with Crippen molar-refractivity contribution in [2.75, 3.05) is 12.4 Å². The number of ketones is 1. The van der Waals surface area contributed by atoms with Crippen molar-refractivity contribution in [2.45, 2.75) is 6.42 Å². The molecule has 126 valence electrons. The van der Waals surface area contributed by atoms with Gasteiger partial charge in [-0.1, -0.05) is 24.8 Å². The first-order valence-electron chi connectivity index (χ1n) is 7.60. The molecule has 0 saturated heterocycles. The molecular weight excluding hydrogens is 320 g/mol. The van der Waals surface area contributed by atoms with Crippen LogP contribution in [-0.4, -0.2) is 24.7 Å². The van der Waals surface area contributed by atoms with Crippen LogP contribution in [-0.2, 0) is 11.2 Å². The Labute approximate surface area is 144 Å². The van der Waals surface area contributed by atoms with Crippen molar-refractivity contribution in [3.63, 3.8) is 0 Å². The van der Waals surface area contributed by atoms with Crippen molar-refractivity contribution in [2.24, 2.45) is 0 Å². The summed E-state index contributed by atoms with van der Waals surface area (Å²) in [6.07, 6.45) is 0.134. The Kier molecular flexibility index (Phi) is 4.35. The maximum Gasteiger partial charge on any atom is 0.256 e. The Morgan fingerprint density at radius 3 is 2.56 bits per heavy atom. The van der Waals surface area contributed by atoms with Crippen molar-refractivity contribution >= 4 is 23.3 Å². The maximum atomic E-state index is 12.3. The molecule has 0 radical (unpaired) electrons. The second-order valence-corrected chi connectivity index (χ2v) is 5.56. The number of methoxy groups -OCH3 is 1. The second-order valence-electron chi connectivity index (χ2n) is 5.56.